The molecule has 0 saturated heterocycles. The second-order valence-corrected chi connectivity index (χ2v) is 4.15. The molecule has 0 aromatic carbocycles. The molecule has 1 aliphatic rings. The molecule has 2 nitrogen and oxygen atoms in total. The Bertz CT molecular complexity index is 184. The smallest absolute Gasteiger partial charge is 0.136 e. The zero-order valence-corrected chi connectivity index (χ0v) is 8.13. The highest BCUT2D eigenvalue weighted by molar-refractivity contribution is 5.80. The second kappa shape index (κ2) is 3.17. The van der Waals surface area contributed by atoms with Gasteiger partial charge in [0.25, 0.3) is 0 Å². The molecule has 0 spiro atoms. The van der Waals surface area contributed by atoms with E-state index in [9.17, 15) is 9.90 Å². The van der Waals surface area contributed by atoms with Crippen LogP contribution in [0.25, 0.3) is 0 Å². The Morgan fingerprint density at radius 2 is 2.25 bits per heavy atom. The van der Waals surface area contributed by atoms with E-state index >= 15 is 0 Å². The Hall–Kier alpha value is -0.370. The first-order valence-corrected chi connectivity index (χ1v) is 4.72. The van der Waals surface area contributed by atoms with Crippen molar-refractivity contribution in [3.8, 4) is 0 Å². The van der Waals surface area contributed by atoms with Crippen LogP contribution in [-0.4, -0.2) is 16.5 Å². The summed E-state index contributed by atoms with van der Waals surface area (Å²) in [5, 5.41) is 9.91. The number of rotatable bonds is 2. The lowest BCUT2D eigenvalue weighted by Crippen LogP contribution is -2.36. The molecule has 0 unspecified atom stereocenters. The summed E-state index contributed by atoms with van der Waals surface area (Å²) in [6.45, 7) is 5.46. The van der Waals surface area contributed by atoms with Gasteiger partial charge in [0, 0.05) is 5.92 Å². The van der Waals surface area contributed by atoms with Crippen molar-refractivity contribution in [2.75, 3.05) is 0 Å². The van der Waals surface area contributed by atoms with Crippen LogP contribution in [0.15, 0.2) is 0 Å². The average molecular weight is 170 g/mol. The largest absolute Gasteiger partial charge is 0.389 e. The fraction of sp³-hybridized carbons (Fsp3) is 0.900. The maximum absolute atomic E-state index is 11.3. The van der Waals surface area contributed by atoms with E-state index in [1.165, 1.54) is 0 Å². The topological polar surface area (TPSA) is 37.3 Å². The molecule has 0 heterocycles. The van der Waals surface area contributed by atoms with Gasteiger partial charge in [-0.2, -0.15) is 0 Å². The third-order valence-electron chi connectivity index (χ3n) is 3.13. The molecule has 0 aromatic rings. The molecule has 1 aliphatic carbocycles. The molecule has 2 heteroatoms. The van der Waals surface area contributed by atoms with Crippen molar-refractivity contribution >= 4 is 5.78 Å². The van der Waals surface area contributed by atoms with Crippen LogP contribution >= 0.6 is 0 Å². The monoisotopic (exact) mass is 170 g/mol. The number of carbonyl (C=O) groups excluding carboxylic acids is 1. The Labute approximate surface area is 74.0 Å². The lowest BCUT2D eigenvalue weighted by molar-refractivity contribution is -0.128. The molecule has 70 valence electrons. The minimum Gasteiger partial charge on any atom is -0.389 e. The first kappa shape index (κ1) is 9.72. The number of ketones is 1. The number of Topliss-reactive ketones (excluding diaryl/α,β-unsaturated/α-hetero) is 1. The summed E-state index contributed by atoms with van der Waals surface area (Å²) in [7, 11) is 0. The van der Waals surface area contributed by atoms with Gasteiger partial charge < -0.3 is 5.11 Å². The summed E-state index contributed by atoms with van der Waals surface area (Å²) >= 11 is 0. The van der Waals surface area contributed by atoms with Crippen LogP contribution in [0.2, 0.25) is 0 Å². The van der Waals surface area contributed by atoms with Crippen LogP contribution in [-0.2, 0) is 4.79 Å². The van der Waals surface area contributed by atoms with Gasteiger partial charge in [-0.25, -0.2) is 0 Å². The van der Waals surface area contributed by atoms with E-state index in [-0.39, 0.29) is 11.7 Å². The summed E-state index contributed by atoms with van der Waals surface area (Å²) in [6, 6.07) is 0. The summed E-state index contributed by atoms with van der Waals surface area (Å²) in [6.07, 6.45) is 2.77. The van der Waals surface area contributed by atoms with Gasteiger partial charge in [0.05, 0.1) is 5.60 Å². The van der Waals surface area contributed by atoms with Crippen LogP contribution in [0, 0.1) is 11.8 Å². The predicted molar refractivity (Wildman–Crippen MR) is 47.8 cm³/mol. The molecule has 3 atom stereocenters. The molecule has 0 amide bonds. The van der Waals surface area contributed by atoms with E-state index in [1.807, 2.05) is 0 Å². The molecule has 1 rings (SSSR count). The number of hydrogen-bond donors (Lipinski definition) is 1. The van der Waals surface area contributed by atoms with Gasteiger partial charge in [-0.15, -0.1) is 0 Å². The van der Waals surface area contributed by atoms with Crippen LogP contribution < -0.4 is 0 Å². The van der Waals surface area contributed by atoms with Gasteiger partial charge in [-0.1, -0.05) is 13.3 Å². The Kier molecular flexibility index (Phi) is 2.57. The second-order valence-electron chi connectivity index (χ2n) is 4.15. The fourth-order valence-corrected chi connectivity index (χ4v) is 2.52. The third kappa shape index (κ3) is 1.53. The molecular formula is C10H18O2. The number of aliphatic hydroxyl groups is 1. The lowest BCUT2D eigenvalue weighted by Gasteiger charge is -2.26. The van der Waals surface area contributed by atoms with E-state index in [0.717, 1.165) is 19.3 Å². The van der Waals surface area contributed by atoms with Gasteiger partial charge >= 0.3 is 0 Å². The Balaban J connectivity index is 2.80. The lowest BCUT2D eigenvalue weighted by atomic mass is 9.83. The quantitative estimate of drug-likeness (QED) is 0.685. The van der Waals surface area contributed by atoms with Gasteiger partial charge in [0.15, 0.2) is 0 Å². The van der Waals surface area contributed by atoms with E-state index in [4.69, 9.17) is 0 Å². The standard InChI is InChI=1S/C10H18O2/c1-4-8-5-6-10(3,12)9(8)7(2)11/h8-9,12H,4-6H2,1-3H3/t8-,9+,10+/m0/s1. The van der Waals surface area contributed by atoms with E-state index in [1.54, 1.807) is 13.8 Å². The molecule has 12 heavy (non-hydrogen) atoms. The molecule has 1 saturated carbocycles. The van der Waals surface area contributed by atoms with Crippen LogP contribution in [0.3, 0.4) is 0 Å². The molecule has 1 fully saturated rings. The maximum atomic E-state index is 11.3. The van der Waals surface area contributed by atoms with Gasteiger partial charge in [-0.05, 0) is 32.6 Å². The highest BCUT2D eigenvalue weighted by atomic mass is 16.3. The first-order valence-electron chi connectivity index (χ1n) is 4.72. The van der Waals surface area contributed by atoms with Crippen molar-refractivity contribution in [2.45, 2.75) is 45.6 Å². The molecule has 1 N–H and O–H groups in total. The van der Waals surface area contributed by atoms with Crippen molar-refractivity contribution in [3.05, 3.63) is 0 Å². The maximum Gasteiger partial charge on any atom is 0.136 e. The minimum absolute atomic E-state index is 0.123. The zero-order chi connectivity index (χ0) is 9.35. The van der Waals surface area contributed by atoms with Crippen molar-refractivity contribution in [1.82, 2.24) is 0 Å². The highest BCUT2D eigenvalue weighted by Gasteiger charge is 2.45. The SMILES string of the molecule is CC[C@H]1CC[C@@](C)(O)[C@@H]1C(C)=O. The fourth-order valence-electron chi connectivity index (χ4n) is 2.52. The molecule has 0 aromatic heterocycles. The molecular weight excluding hydrogens is 152 g/mol. The van der Waals surface area contributed by atoms with E-state index in [0.29, 0.717) is 5.92 Å². The van der Waals surface area contributed by atoms with E-state index in [2.05, 4.69) is 6.92 Å². The van der Waals surface area contributed by atoms with E-state index < -0.39 is 5.60 Å². The summed E-state index contributed by atoms with van der Waals surface area (Å²) in [4.78, 5) is 11.3. The highest BCUT2D eigenvalue weighted by Crippen LogP contribution is 2.42. The minimum atomic E-state index is -0.744. The van der Waals surface area contributed by atoms with Crippen LogP contribution in [0.5, 0.6) is 0 Å². The Morgan fingerprint density at radius 3 is 2.58 bits per heavy atom. The van der Waals surface area contributed by atoms with Crippen molar-refractivity contribution in [3.63, 3.8) is 0 Å². The summed E-state index contributed by atoms with van der Waals surface area (Å²) in [5.41, 5.74) is -0.744. The normalized spacial score (nSPS) is 41.7. The predicted octanol–water partition coefficient (Wildman–Crippen LogP) is 1.76. The molecule has 0 radical (unpaired) electrons. The summed E-state index contributed by atoms with van der Waals surface area (Å²) < 4.78 is 0. The Morgan fingerprint density at radius 1 is 1.67 bits per heavy atom. The van der Waals surface area contributed by atoms with Gasteiger partial charge in [0.1, 0.15) is 5.78 Å². The van der Waals surface area contributed by atoms with Gasteiger partial charge in [0.2, 0.25) is 0 Å². The zero-order valence-electron chi connectivity index (χ0n) is 8.13. The molecule has 0 bridgehead atoms. The summed E-state index contributed by atoms with van der Waals surface area (Å²) in [5.74, 6) is 0.421. The van der Waals surface area contributed by atoms with Crippen LogP contribution in [0.4, 0.5) is 0 Å². The first-order chi connectivity index (χ1) is 5.49. The number of hydrogen-bond acceptors (Lipinski definition) is 2. The number of carbonyl (C=O) groups is 1. The van der Waals surface area contributed by atoms with Crippen molar-refractivity contribution < 1.29 is 9.90 Å². The van der Waals surface area contributed by atoms with Crippen molar-refractivity contribution in [1.29, 1.82) is 0 Å². The third-order valence-corrected chi connectivity index (χ3v) is 3.13. The van der Waals surface area contributed by atoms with Crippen molar-refractivity contribution in [2.24, 2.45) is 11.8 Å². The average Bonchev–Trinajstić information content (AvgIpc) is 2.24. The molecule has 0 aliphatic heterocycles. The van der Waals surface area contributed by atoms with Crippen LogP contribution in [0.1, 0.15) is 40.0 Å². The van der Waals surface area contributed by atoms with Gasteiger partial charge in [-0.3, -0.25) is 4.79 Å².